The van der Waals surface area contributed by atoms with Crippen LogP contribution in [0.1, 0.15) is 5.01 Å². The Bertz CT molecular complexity index is 116. The minimum Gasteiger partial charge on any atom is -0.228 e. The molecule has 1 rings (SSSR count). The highest BCUT2D eigenvalue weighted by Gasteiger charge is 1.78. The van der Waals surface area contributed by atoms with Crippen molar-refractivity contribution < 1.29 is 0 Å². The van der Waals surface area contributed by atoms with Gasteiger partial charge in [0.25, 0.3) is 0 Å². The average molecular weight is 148 g/mol. The molecule has 0 aromatic carbocycles. The number of thiol groups is 1. The molecule has 0 aliphatic heterocycles. The van der Waals surface area contributed by atoms with Gasteiger partial charge in [-0.15, -0.1) is 0 Å². The summed E-state index contributed by atoms with van der Waals surface area (Å²) in [5.41, 5.74) is 0. The lowest BCUT2D eigenvalue weighted by Gasteiger charge is -1.62. The SMILES string of the molecule is CS.Cc1ncns1. The van der Waals surface area contributed by atoms with E-state index in [0.717, 1.165) is 5.01 Å². The first-order valence-corrected chi connectivity index (χ1v) is 3.74. The van der Waals surface area contributed by atoms with E-state index < -0.39 is 0 Å². The van der Waals surface area contributed by atoms with Gasteiger partial charge in [-0.05, 0) is 24.7 Å². The molecule has 4 heteroatoms. The van der Waals surface area contributed by atoms with E-state index in [-0.39, 0.29) is 0 Å². The Morgan fingerprint density at radius 1 is 1.62 bits per heavy atom. The van der Waals surface area contributed by atoms with Gasteiger partial charge in [-0.2, -0.15) is 17.0 Å². The predicted molar refractivity (Wildman–Crippen MR) is 39.6 cm³/mol. The van der Waals surface area contributed by atoms with Crippen molar-refractivity contribution in [1.82, 2.24) is 9.36 Å². The maximum Gasteiger partial charge on any atom is 0.129 e. The monoisotopic (exact) mass is 148 g/mol. The summed E-state index contributed by atoms with van der Waals surface area (Å²) in [6.45, 7) is 1.93. The predicted octanol–water partition coefficient (Wildman–Crippen LogP) is 1.39. The lowest BCUT2D eigenvalue weighted by molar-refractivity contribution is 1.26. The van der Waals surface area contributed by atoms with Crippen LogP contribution in [0.5, 0.6) is 0 Å². The van der Waals surface area contributed by atoms with Crippen LogP contribution in [0.2, 0.25) is 0 Å². The summed E-state index contributed by atoms with van der Waals surface area (Å²) in [7, 11) is 0. The Morgan fingerprint density at radius 3 is 2.38 bits per heavy atom. The fraction of sp³-hybridized carbons (Fsp3) is 0.500. The second-order valence-corrected chi connectivity index (χ2v) is 1.94. The van der Waals surface area contributed by atoms with Gasteiger partial charge in [-0.1, -0.05) is 0 Å². The lowest BCUT2D eigenvalue weighted by Crippen LogP contribution is -1.56. The topological polar surface area (TPSA) is 25.8 Å². The van der Waals surface area contributed by atoms with Crippen molar-refractivity contribution in [3.8, 4) is 0 Å². The molecule has 0 aliphatic rings. The van der Waals surface area contributed by atoms with E-state index in [9.17, 15) is 0 Å². The van der Waals surface area contributed by atoms with Crippen LogP contribution in [-0.4, -0.2) is 15.6 Å². The second-order valence-electron chi connectivity index (χ2n) is 0.960. The molecule has 0 spiro atoms. The van der Waals surface area contributed by atoms with Crippen molar-refractivity contribution in [2.75, 3.05) is 6.26 Å². The van der Waals surface area contributed by atoms with Crippen molar-refractivity contribution in [3.63, 3.8) is 0 Å². The smallest absolute Gasteiger partial charge is 0.129 e. The van der Waals surface area contributed by atoms with E-state index in [1.165, 1.54) is 11.5 Å². The normalized spacial score (nSPS) is 7.38. The fourth-order valence-corrected chi connectivity index (χ4v) is 0.569. The van der Waals surface area contributed by atoms with Crippen LogP contribution >= 0.6 is 24.2 Å². The Labute approximate surface area is 58.5 Å². The molecule has 0 fully saturated rings. The van der Waals surface area contributed by atoms with Crippen LogP contribution in [-0.2, 0) is 0 Å². The van der Waals surface area contributed by atoms with Crippen LogP contribution in [0.15, 0.2) is 6.33 Å². The third kappa shape index (κ3) is 2.98. The standard InChI is InChI=1S/C3H4N2S.CH4S/c1-3-4-2-5-6-3;1-2/h2H,1H3;2H,1H3. The summed E-state index contributed by atoms with van der Waals surface area (Å²) in [5.74, 6) is 0. The molecule has 1 aromatic heterocycles. The van der Waals surface area contributed by atoms with E-state index in [2.05, 4.69) is 22.0 Å². The molecule has 8 heavy (non-hydrogen) atoms. The van der Waals surface area contributed by atoms with Gasteiger partial charge in [-0.25, -0.2) is 4.98 Å². The highest BCUT2D eigenvalue weighted by Crippen LogP contribution is 1.92. The van der Waals surface area contributed by atoms with Gasteiger partial charge in [0, 0.05) is 0 Å². The van der Waals surface area contributed by atoms with Gasteiger partial charge >= 0.3 is 0 Å². The molecular weight excluding hydrogens is 140 g/mol. The largest absolute Gasteiger partial charge is 0.228 e. The van der Waals surface area contributed by atoms with Crippen molar-refractivity contribution >= 4 is 24.2 Å². The number of hydrogen-bond donors (Lipinski definition) is 1. The lowest BCUT2D eigenvalue weighted by atomic mass is 10.9. The molecule has 0 saturated carbocycles. The van der Waals surface area contributed by atoms with E-state index in [4.69, 9.17) is 0 Å². The van der Waals surface area contributed by atoms with Crippen molar-refractivity contribution in [2.24, 2.45) is 0 Å². The van der Waals surface area contributed by atoms with Gasteiger partial charge in [0.15, 0.2) is 0 Å². The summed E-state index contributed by atoms with van der Waals surface area (Å²) >= 11 is 4.94. The molecule has 2 nitrogen and oxygen atoms in total. The molecule has 0 N–H and O–H groups in total. The first kappa shape index (κ1) is 7.91. The Hall–Kier alpha value is -0.0900. The molecule has 46 valence electrons. The molecule has 0 aliphatic carbocycles. The zero-order chi connectivity index (χ0) is 6.41. The molecular formula is C4H8N2S2. The van der Waals surface area contributed by atoms with Crippen LogP contribution < -0.4 is 0 Å². The van der Waals surface area contributed by atoms with Crippen LogP contribution in [0.4, 0.5) is 0 Å². The molecule has 0 saturated heterocycles. The van der Waals surface area contributed by atoms with Crippen molar-refractivity contribution in [3.05, 3.63) is 11.3 Å². The quantitative estimate of drug-likeness (QED) is 0.563. The number of aromatic nitrogens is 2. The Balaban J connectivity index is 0.000000222. The molecule has 1 aromatic rings. The van der Waals surface area contributed by atoms with Crippen LogP contribution in [0.25, 0.3) is 0 Å². The van der Waals surface area contributed by atoms with E-state index >= 15 is 0 Å². The van der Waals surface area contributed by atoms with Gasteiger partial charge in [0.05, 0.1) is 0 Å². The molecule has 0 radical (unpaired) electrons. The van der Waals surface area contributed by atoms with Gasteiger partial charge in [0.1, 0.15) is 11.3 Å². The summed E-state index contributed by atoms with van der Waals surface area (Å²) in [6.07, 6.45) is 3.25. The number of nitrogens with zero attached hydrogens (tertiary/aromatic N) is 2. The first-order chi connectivity index (χ1) is 3.89. The third-order valence-corrected chi connectivity index (χ3v) is 1.04. The fourth-order valence-electron chi connectivity index (χ4n) is 0.228. The minimum absolute atomic E-state index is 1.02. The summed E-state index contributed by atoms with van der Waals surface area (Å²) in [6, 6.07) is 0. The van der Waals surface area contributed by atoms with Gasteiger partial charge in [-0.3, -0.25) is 0 Å². The average Bonchev–Trinajstić information content (AvgIpc) is 2.24. The van der Waals surface area contributed by atoms with Crippen LogP contribution in [0.3, 0.4) is 0 Å². The maximum atomic E-state index is 3.82. The molecule has 0 atom stereocenters. The van der Waals surface area contributed by atoms with E-state index in [1.54, 1.807) is 12.6 Å². The Morgan fingerprint density at radius 2 is 2.25 bits per heavy atom. The van der Waals surface area contributed by atoms with E-state index in [0.29, 0.717) is 0 Å². The number of hydrogen-bond acceptors (Lipinski definition) is 4. The summed E-state index contributed by atoms with van der Waals surface area (Å²) < 4.78 is 3.75. The summed E-state index contributed by atoms with van der Waals surface area (Å²) in [4.78, 5) is 3.82. The maximum absolute atomic E-state index is 3.82. The van der Waals surface area contributed by atoms with Gasteiger partial charge in [0.2, 0.25) is 0 Å². The molecule has 0 unspecified atom stereocenters. The Kier molecular flexibility index (Phi) is 5.00. The summed E-state index contributed by atoms with van der Waals surface area (Å²) in [5, 5.41) is 1.02. The molecule has 0 bridgehead atoms. The van der Waals surface area contributed by atoms with Crippen LogP contribution in [0, 0.1) is 6.92 Å². The zero-order valence-electron chi connectivity index (χ0n) is 4.83. The highest BCUT2D eigenvalue weighted by molar-refractivity contribution is 7.79. The first-order valence-electron chi connectivity index (χ1n) is 2.07. The van der Waals surface area contributed by atoms with Crippen molar-refractivity contribution in [2.45, 2.75) is 6.92 Å². The van der Waals surface area contributed by atoms with Gasteiger partial charge < -0.3 is 0 Å². The number of rotatable bonds is 0. The minimum atomic E-state index is 1.02. The van der Waals surface area contributed by atoms with E-state index in [1.807, 2.05) is 6.92 Å². The second kappa shape index (κ2) is 5.05. The molecule has 1 heterocycles. The highest BCUT2D eigenvalue weighted by atomic mass is 32.1. The number of aryl methyl sites for hydroxylation is 1. The van der Waals surface area contributed by atoms with Crippen molar-refractivity contribution in [1.29, 1.82) is 0 Å². The third-order valence-electron chi connectivity index (χ3n) is 0.471. The molecule has 0 amide bonds. The zero-order valence-corrected chi connectivity index (χ0v) is 6.54.